The van der Waals surface area contributed by atoms with E-state index >= 15 is 0 Å². The minimum atomic E-state index is -3.64. The molecule has 0 radical (unpaired) electrons. The van der Waals surface area contributed by atoms with Crippen LogP contribution in [0.2, 0.25) is 0 Å². The predicted octanol–water partition coefficient (Wildman–Crippen LogP) is 4.05. The van der Waals surface area contributed by atoms with Crippen LogP contribution in [0.25, 0.3) is 0 Å². The molecule has 0 saturated carbocycles. The van der Waals surface area contributed by atoms with Crippen LogP contribution in [0.1, 0.15) is 12.0 Å². The molecule has 0 unspecified atom stereocenters. The predicted molar refractivity (Wildman–Crippen MR) is 109 cm³/mol. The van der Waals surface area contributed by atoms with Gasteiger partial charge in [-0.15, -0.1) is 0 Å². The highest BCUT2D eigenvalue weighted by Crippen LogP contribution is 2.24. The van der Waals surface area contributed by atoms with Gasteiger partial charge in [0.15, 0.2) is 0 Å². The van der Waals surface area contributed by atoms with Gasteiger partial charge >= 0.3 is 5.97 Å². The average Bonchev–Trinajstić information content (AvgIpc) is 2.73. The fourth-order valence-electron chi connectivity index (χ4n) is 2.69. The van der Waals surface area contributed by atoms with Gasteiger partial charge in [0.1, 0.15) is 5.75 Å². The number of hydrogen-bond donors (Lipinski definition) is 0. The van der Waals surface area contributed by atoms with Crippen LogP contribution in [-0.4, -0.2) is 21.4 Å². The summed E-state index contributed by atoms with van der Waals surface area (Å²) in [7, 11) is -2.15. The topological polar surface area (TPSA) is 63.7 Å². The Bertz CT molecular complexity index is 1020. The quantitative estimate of drug-likeness (QED) is 0.447. The third-order valence-corrected chi connectivity index (χ3v) is 6.09. The Labute approximate surface area is 165 Å². The Morgan fingerprint density at radius 1 is 0.857 bits per heavy atom. The van der Waals surface area contributed by atoms with Gasteiger partial charge in [-0.25, -0.2) is 8.42 Å². The van der Waals surface area contributed by atoms with Crippen molar-refractivity contribution in [2.24, 2.45) is 0 Å². The van der Waals surface area contributed by atoms with Gasteiger partial charge < -0.3 is 4.74 Å². The molecule has 0 fully saturated rings. The summed E-state index contributed by atoms with van der Waals surface area (Å²) >= 11 is 0. The molecule has 0 spiro atoms. The normalized spacial score (nSPS) is 11.0. The van der Waals surface area contributed by atoms with E-state index in [2.05, 4.69) is 0 Å². The first kappa shape index (κ1) is 19.6. The van der Waals surface area contributed by atoms with Crippen molar-refractivity contribution >= 4 is 21.7 Å². The van der Waals surface area contributed by atoms with Crippen LogP contribution < -0.4 is 9.04 Å². The molecule has 3 aromatic rings. The van der Waals surface area contributed by atoms with Gasteiger partial charge in [-0.05, 0) is 48.4 Å². The minimum absolute atomic E-state index is 0.217. The van der Waals surface area contributed by atoms with E-state index in [1.54, 1.807) is 54.6 Å². The Balaban J connectivity index is 1.62. The lowest BCUT2D eigenvalue weighted by Gasteiger charge is -2.19. The van der Waals surface area contributed by atoms with E-state index in [9.17, 15) is 13.2 Å². The van der Waals surface area contributed by atoms with Crippen molar-refractivity contribution < 1.29 is 17.9 Å². The third-order valence-electron chi connectivity index (χ3n) is 4.29. The van der Waals surface area contributed by atoms with Crippen molar-refractivity contribution in [3.63, 3.8) is 0 Å². The monoisotopic (exact) mass is 395 g/mol. The second kappa shape index (κ2) is 8.71. The van der Waals surface area contributed by atoms with Crippen LogP contribution in [0.3, 0.4) is 0 Å². The maximum atomic E-state index is 12.7. The molecule has 28 heavy (non-hydrogen) atoms. The van der Waals surface area contributed by atoms with Crippen molar-refractivity contribution in [1.29, 1.82) is 0 Å². The summed E-state index contributed by atoms with van der Waals surface area (Å²) in [6, 6.07) is 24.3. The molecule has 3 rings (SSSR count). The smallest absolute Gasteiger partial charge is 0.311 e. The number of carbonyl (C=O) groups is 1. The number of hydrogen-bond acceptors (Lipinski definition) is 4. The van der Waals surface area contributed by atoms with E-state index in [1.807, 2.05) is 30.3 Å². The van der Waals surface area contributed by atoms with Crippen molar-refractivity contribution in [3.05, 3.63) is 90.5 Å². The molecular weight excluding hydrogens is 374 g/mol. The fourth-order valence-corrected chi connectivity index (χ4v) is 3.90. The third kappa shape index (κ3) is 4.78. The standard InChI is InChI=1S/C22H21NO4S/c1-23(28(25,26)21-10-6-3-7-11-21)19-13-15-20(16-14-19)27-22(24)17-12-18-8-4-2-5-9-18/h2-11,13-16H,12,17H2,1H3. The molecule has 6 heteroatoms. The zero-order chi connectivity index (χ0) is 20.0. The Hall–Kier alpha value is -3.12. The maximum Gasteiger partial charge on any atom is 0.311 e. The van der Waals surface area contributed by atoms with E-state index in [0.717, 1.165) is 5.56 Å². The lowest BCUT2D eigenvalue weighted by Crippen LogP contribution is -2.26. The molecule has 3 aromatic carbocycles. The minimum Gasteiger partial charge on any atom is -0.427 e. The zero-order valence-corrected chi connectivity index (χ0v) is 16.3. The maximum absolute atomic E-state index is 12.7. The molecule has 5 nitrogen and oxygen atoms in total. The summed E-state index contributed by atoms with van der Waals surface area (Å²) in [6.45, 7) is 0. The van der Waals surface area contributed by atoms with Crippen LogP contribution in [0.5, 0.6) is 5.75 Å². The van der Waals surface area contributed by atoms with Crippen LogP contribution >= 0.6 is 0 Å². The molecule has 0 heterocycles. The number of sulfonamides is 1. The first-order chi connectivity index (χ1) is 13.5. The second-order valence-corrected chi connectivity index (χ2v) is 8.21. The van der Waals surface area contributed by atoms with Crippen LogP contribution in [0, 0.1) is 0 Å². The highest BCUT2D eigenvalue weighted by atomic mass is 32.2. The highest BCUT2D eigenvalue weighted by molar-refractivity contribution is 7.92. The van der Waals surface area contributed by atoms with Gasteiger partial charge in [-0.1, -0.05) is 48.5 Å². The van der Waals surface area contributed by atoms with E-state index in [1.165, 1.54) is 11.4 Å². The Morgan fingerprint density at radius 3 is 2.04 bits per heavy atom. The number of ether oxygens (including phenoxy) is 1. The summed E-state index contributed by atoms with van der Waals surface area (Å²) in [5.41, 5.74) is 1.55. The summed E-state index contributed by atoms with van der Waals surface area (Å²) in [5.74, 6) is 0.0502. The molecular formula is C22H21NO4S. The molecule has 0 aromatic heterocycles. The van der Waals surface area contributed by atoms with Crippen molar-refractivity contribution in [2.75, 3.05) is 11.4 Å². The van der Waals surface area contributed by atoms with Crippen molar-refractivity contribution in [2.45, 2.75) is 17.7 Å². The van der Waals surface area contributed by atoms with E-state index in [-0.39, 0.29) is 17.3 Å². The van der Waals surface area contributed by atoms with Gasteiger partial charge in [0.25, 0.3) is 10.0 Å². The first-order valence-corrected chi connectivity index (χ1v) is 10.3. The Morgan fingerprint density at radius 2 is 1.43 bits per heavy atom. The lowest BCUT2D eigenvalue weighted by atomic mass is 10.1. The number of anilines is 1. The number of rotatable bonds is 7. The number of nitrogens with zero attached hydrogens (tertiary/aromatic N) is 1. The van der Waals surface area contributed by atoms with Gasteiger partial charge in [-0.3, -0.25) is 9.10 Å². The molecule has 0 saturated heterocycles. The molecule has 144 valence electrons. The molecule has 0 aliphatic carbocycles. The van der Waals surface area contributed by atoms with Gasteiger partial charge in [0.2, 0.25) is 0 Å². The fraction of sp³-hybridized carbons (Fsp3) is 0.136. The van der Waals surface area contributed by atoms with E-state index in [0.29, 0.717) is 17.9 Å². The van der Waals surface area contributed by atoms with Crippen LogP contribution in [0.4, 0.5) is 5.69 Å². The molecule has 0 aliphatic rings. The molecule has 0 bridgehead atoms. The van der Waals surface area contributed by atoms with E-state index in [4.69, 9.17) is 4.74 Å². The summed E-state index contributed by atoms with van der Waals surface area (Å²) in [5, 5.41) is 0. The van der Waals surface area contributed by atoms with E-state index < -0.39 is 10.0 Å². The largest absolute Gasteiger partial charge is 0.427 e. The van der Waals surface area contributed by atoms with Crippen LogP contribution in [0.15, 0.2) is 89.8 Å². The molecule has 0 amide bonds. The summed E-state index contributed by atoms with van der Waals surface area (Å²) in [6.07, 6.45) is 0.879. The van der Waals surface area contributed by atoms with Crippen molar-refractivity contribution in [3.8, 4) is 5.75 Å². The van der Waals surface area contributed by atoms with Crippen molar-refractivity contribution in [1.82, 2.24) is 0 Å². The average molecular weight is 395 g/mol. The molecule has 0 N–H and O–H groups in total. The number of benzene rings is 3. The van der Waals surface area contributed by atoms with Gasteiger partial charge in [0.05, 0.1) is 10.6 Å². The van der Waals surface area contributed by atoms with Gasteiger partial charge in [0, 0.05) is 13.5 Å². The Kier molecular flexibility index (Phi) is 6.11. The zero-order valence-electron chi connectivity index (χ0n) is 15.5. The van der Waals surface area contributed by atoms with Crippen LogP contribution in [-0.2, 0) is 21.2 Å². The summed E-state index contributed by atoms with van der Waals surface area (Å²) in [4.78, 5) is 12.2. The van der Waals surface area contributed by atoms with Gasteiger partial charge in [-0.2, -0.15) is 0 Å². The SMILES string of the molecule is CN(c1ccc(OC(=O)CCc2ccccc2)cc1)S(=O)(=O)c1ccccc1. The number of carbonyl (C=O) groups excluding carboxylic acids is 1. The highest BCUT2D eigenvalue weighted by Gasteiger charge is 2.20. The lowest BCUT2D eigenvalue weighted by molar-refractivity contribution is -0.134. The second-order valence-electron chi connectivity index (χ2n) is 6.24. The molecule has 0 atom stereocenters. The molecule has 0 aliphatic heterocycles. The number of esters is 1. The summed E-state index contributed by atoms with van der Waals surface area (Å²) < 4.78 is 31.8. The first-order valence-electron chi connectivity index (χ1n) is 8.85. The number of aryl methyl sites for hydroxylation is 1.